The second-order valence-electron chi connectivity index (χ2n) is 6.91. The average Bonchev–Trinajstić information content (AvgIpc) is 2.97. The number of carbonyl (C=O) groups is 2. The van der Waals surface area contributed by atoms with Crippen molar-refractivity contribution in [1.82, 2.24) is 9.80 Å². The molecule has 1 heterocycles. The normalized spacial score (nSPS) is 18.7. The van der Waals surface area contributed by atoms with Crippen molar-refractivity contribution < 1.29 is 19.4 Å². The van der Waals surface area contributed by atoms with Crippen LogP contribution in [0.2, 0.25) is 0 Å². The number of hydrogen-bond acceptors (Lipinski definition) is 5. The molecule has 6 heteroatoms. The Balaban J connectivity index is 2.16. The van der Waals surface area contributed by atoms with Crippen LogP contribution in [0.1, 0.15) is 17.2 Å². The number of aliphatic hydroxyl groups is 1. The van der Waals surface area contributed by atoms with E-state index in [9.17, 15) is 14.7 Å². The van der Waals surface area contributed by atoms with Crippen LogP contribution < -0.4 is 4.74 Å². The number of amides is 1. The molecule has 1 aliphatic rings. The summed E-state index contributed by atoms with van der Waals surface area (Å²) in [6, 6.07) is 15.5. The zero-order valence-corrected chi connectivity index (χ0v) is 16.3. The molecule has 1 fully saturated rings. The van der Waals surface area contributed by atoms with E-state index in [0.29, 0.717) is 24.4 Å². The summed E-state index contributed by atoms with van der Waals surface area (Å²) in [5.41, 5.74) is 1.24. The number of likely N-dealkylation sites (N-methyl/N-ethyl adjacent to an activating group) is 1. The first-order chi connectivity index (χ1) is 13.5. The van der Waals surface area contributed by atoms with Crippen molar-refractivity contribution in [2.45, 2.75) is 6.04 Å². The number of carbonyl (C=O) groups excluding carboxylic acids is 2. The molecule has 1 aliphatic heterocycles. The summed E-state index contributed by atoms with van der Waals surface area (Å²) in [4.78, 5) is 29.2. The number of rotatable bonds is 6. The van der Waals surface area contributed by atoms with Gasteiger partial charge in [0.15, 0.2) is 0 Å². The second kappa shape index (κ2) is 8.27. The van der Waals surface area contributed by atoms with Crippen LogP contribution in [-0.2, 0) is 9.59 Å². The first-order valence-corrected chi connectivity index (χ1v) is 9.07. The number of hydrogen-bond donors (Lipinski definition) is 1. The molecule has 1 N–H and O–H groups in total. The number of para-hydroxylation sites is 1. The summed E-state index contributed by atoms with van der Waals surface area (Å²) < 4.78 is 5.32. The molecule has 0 spiro atoms. The van der Waals surface area contributed by atoms with E-state index in [4.69, 9.17) is 4.74 Å². The number of nitrogens with zero attached hydrogens (tertiary/aromatic N) is 2. The van der Waals surface area contributed by atoms with Crippen LogP contribution in [0, 0.1) is 0 Å². The van der Waals surface area contributed by atoms with Gasteiger partial charge in [-0.3, -0.25) is 9.59 Å². The lowest BCUT2D eigenvalue weighted by atomic mass is 9.95. The predicted molar refractivity (Wildman–Crippen MR) is 107 cm³/mol. The lowest BCUT2D eigenvalue weighted by molar-refractivity contribution is -0.140. The van der Waals surface area contributed by atoms with Gasteiger partial charge in [0.1, 0.15) is 11.5 Å². The summed E-state index contributed by atoms with van der Waals surface area (Å²) in [6.07, 6.45) is 0. The molecule has 28 heavy (non-hydrogen) atoms. The predicted octanol–water partition coefficient (Wildman–Crippen LogP) is 2.68. The highest BCUT2D eigenvalue weighted by molar-refractivity contribution is 6.46. The zero-order valence-electron chi connectivity index (χ0n) is 16.3. The maximum absolute atomic E-state index is 12.9. The summed E-state index contributed by atoms with van der Waals surface area (Å²) in [5.74, 6) is -1.08. The van der Waals surface area contributed by atoms with E-state index in [1.165, 1.54) is 12.0 Å². The van der Waals surface area contributed by atoms with Crippen LogP contribution in [-0.4, -0.2) is 60.9 Å². The van der Waals surface area contributed by atoms with Crippen LogP contribution >= 0.6 is 0 Å². The summed E-state index contributed by atoms with van der Waals surface area (Å²) in [7, 11) is 5.31. The van der Waals surface area contributed by atoms with Gasteiger partial charge >= 0.3 is 0 Å². The van der Waals surface area contributed by atoms with Gasteiger partial charge in [-0.05, 0) is 31.8 Å². The van der Waals surface area contributed by atoms with Crippen molar-refractivity contribution in [3.8, 4) is 5.75 Å². The fourth-order valence-electron chi connectivity index (χ4n) is 3.39. The molecule has 146 valence electrons. The van der Waals surface area contributed by atoms with Crippen LogP contribution in [0.25, 0.3) is 5.76 Å². The van der Waals surface area contributed by atoms with E-state index in [2.05, 4.69) is 0 Å². The highest BCUT2D eigenvalue weighted by Crippen LogP contribution is 2.40. The molecular formula is C22H24N2O4. The quantitative estimate of drug-likeness (QED) is 0.474. The van der Waals surface area contributed by atoms with Crippen molar-refractivity contribution in [2.75, 3.05) is 34.3 Å². The van der Waals surface area contributed by atoms with E-state index in [1.807, 2.05) is 49.3 Å². The topological polar surface area (TPSA) is 70.1 Å². The summed E-state index contributed by atoms with van der Waals surface area (Å²) in [5, 5.41) is 11.0. The summed E-state index contributed by atoms with van der Waals surface area (Å²) >= 11 is 0. The van der Waals surface area contributed by atoms with Crippen molar-refractivity contribution in [3.63, 3.8) is 0 Å². The van der Waals surface area contributed by atoms with E-state index < -0.39 is 17.7 Å². The molecule has 1 atom stereocenters. The molecular weight excluding hydrogens is 356 g/mol. The summed E-state index contributed by atoms with van der Waals surface area (Å²) in [6.45, 7) is 0.977. The van der Waals surface area contributed by atoms with Gasteiger partial charge < -0.3 is 19.6 Å². The monoisotopic (exact) mass is 380 g/mol. The maximum atomic E-state index is 12.9. The standard InChI is InChI=1S/C22H24N2O4/c1-23(2)13-14-24-19(15-9-5-4-6-10-15)18(21(26)22(24)27)20(25)16-11-7-8-12-17(16)28-3/h4-12,19,25H,13-14H2,1-3H3/b20-18+. The van der Waals surface area contributed by atoms with Gasteiger partial charge in [0, 0.05) is 13.1 Å². The van der Waals surface area contributed by atoms with Crippen LogP contribution in [0.5, 0.6) is 5.75 Å². The minimum atomic E-state index is -0.684. The Morgan fingerprint density at radius 2 is 1.71 bits per heavy atom. The van der Waals surface area contributed by atoms with Crippen molar-refractivity contribution >= 4 is 17.4 Å². The number of ketones is 1. The number of benzene rings is 2. The lowest BCUT2D eigenvalue weighted by Crippen LogP contribution is -2.35. The number of methoxy groups -OCH3 is 1. The minimum absolute atomic E-state index is 0.0828. The molecule has 0 aromatic heterocycles. The van der Waals surface area contributed by atoms with E-state index in [0.717, 1.165) is 5.56 Å². The largest absolute Gasteiger partial charge is 0.507 e. The Kier molecular flexibility index (Phi) is 5.80. The Hall–Kier alpha value is -3.12. The van der Waals surface area contributed by atoms with Crippen molar-refractivity contribution in [2.24, 2.45) is 0 Å². The van der Waals surface area contributed by atoms with E-state index in [-0.39, 0.29) is 11.3 Å². The maximum Gasteiger partial charge on any atom is 0.295 e. The SMILES string of the molecule is COc1ccccc1/C(O)=C1\C(=O)C(=O)N(CCN(C)C)C1c1ccccc1. The average molecular weight is 380 g/mol. The third-order valence-electron chi connectivity index (χ3n) is 4.81. The molecule has 0 bridgehead atoms. The molecule has 0 saturated carbocycles. The highest BCUT2D eigenvalue weighted by Gasteiger charge is 2.46. The Labute approximate surface area is 164 Å². The Morgan fingerprint density at radius 3 is 2.36 bits per heavy atom. The van der Waals surface area contributed by atoms with Gasteiger partial charge in [0.25, 0.3) is 11.7 Å². The van der Waals surface area contributed by atoms with Crippen molar-refractivity contribution in [1.29, 1.82) is 0 Å². The van der Waals surface area contributed by atoms with Gasteiger partial charge in [0.05, 0.1) is 24.3 Å². The number of ether oxygens (including phenoxy) is 1. The van der Waals surface area contributed by atoms with Crippen LogP contribution in [0.15, 0.2) is 60.2 Å². The van der Waals surface area contributed by atoms with Gasteiger partial charge in [-0.2, -0.15) is 0 Å². The molecule has 0 radical (unpaired) electrons. The Morgan fingerprint density at radius 1 is 1.07 bits per heavy atom. The molecule has 3 rings (SSSR count). The van der Waals surface area contributed by atoms with Crippen LogP contribution in [0.4, 0.5) is 0 Å². The third-order valence-corrected chi connectivity index (χ3v) is 4.81. The molecule has 2 aromatic carbocycles. The second-order valence-corrected chi connectivity index (χ2v) is 6.91. The van der Waals surface area contributed by atoms with Gasteiger partial charge in [-0.1, -0.05) is 42.5 Å². The van der Waals surface area contributed by atoms with E-state index in [1.54, 1.807) is 24.3 Å². The van der Waals surface area contributed by atoms with E-state index >= 15 is 0 Å². The number of likely N-dealkylation sites (tertiary alicyclic amines) is 1. The Bertz CT molecular complexity index is 906. The van der Waals surface area contributed by atoms with Gasteiger partial charge in [0.2, 0.25) is 0 Å². The molecule has 1 saturated heterocycles. The fourth-order valence-corrected chi connectivity index (χ4v) is 3.39. The van der Waals surface area contributed by atoms with Crippen LogP contribution in [0.3, 0.4) is 0 Å². The van der Waals surface area contributed by atoms with Gasteiger partial charge in [-0.15, -0.1) is 0 Å². The first-order valence-electron chi connectivity index (χ1n) is 9.07. The zero-order chi connectivity index (χ0) is 20.3. The minimum Gasteiger partial charge on any atom is -0.507 e. The molecule has 6 nitrogen and oxygen atoms in total. The molecule has 2 aromatic rings. The molecule has 1 amide bonds. The first kappa shape index (κ1) is 19.6. The third kappa shape index (κ3) is 3.64. The number of Topliss-reactive ketones (excluding diaryl/α,β-unsaturated/α-hetero) is 1. The van der Waals surface area contributed by atoms with Crippen molar-refractivity contribution in [3.05, 3.63) is 71.3 Å². The fraction of sp³-hybridized carbons (Fsp3) is 0.273. The molecule has 0 aliphatic carbocycles. The molecule has 1 unspecified atom stereocenters. The van der Waals surface area contributed by atoms with Gasteiger partial charge in [-0.25, -0.2) is 0 Å². The lowest BCUT2D eigenvalue weighted by Gasteiger charge is -2.26. The number of aliphatic hydroxyl groups excluding tert-OH is 1. The highest BCUT2D eigenvalue weighted by atomic mass is 16.5. The smallest absolute Gasteiger partial charge is 0.295 e.